The molecule has 0 saturated carbocycles. The van der Waals surface area contributed by atoms with E-state index in [9.17, 15) is 9.59 Å². The number of aromatic nitrogens is 2. The van der Waals surface area contributed by atoms with Crippen LogP contribution in [0.3, 0.4) is 0 Å². The summed E-state index contributed by atoms with van der Waals surface area (Å²) in [6.07, 6.45) is 0.458. The van der Waals surface area contributed by atoms with Crippen LogP contribution in [0.5, 0.6) is 0 Å². The van der Waals surface area contributed by atoms with Gasteiger partial charge in [0.25, 0.3) is 0 Å². The number of methoxy groups -OCH3 is 1. The molecule has 1 N–H and O–H groups in total. The third-order valence-electron chi connectivity index (χ3n) is 2.30. The van der Waals surface area contributed by atoms with Gasteiger partial charge in [0.15, 0.2) is 5.82 Å². The highest BCUT2D eigenvalue weighted by molar-refractivity contribution is 5.69. The van der Waals surface area contributed by atoms with Crippen LogP contribution in [-0.2, 0) is 27.1 Å². The Morgan fingerprint density at radius 3 is 2.62 bits per heavy atom. The Labute approximate surface area is 123 Å². The summed E-state index contributed by atoms with van der Waals surface area (Å²) in [5, 5.41) is 6.34. The smallest absolute Gasteiger partial charge is 0.407 e. The lowest BCUT2D eigenvalue weighted by atomic mass is 10.2. The van der Waals surface area contributed by atoms with E-state index in [1.807, 2.05) is 0 Å². The standard InChI is InChI=1S/C13H21N3O5/c1-13(2,3)20-12(18)14-8-7-10-15-9(16-21-10)5-6-11(17)19-4/h5-8H2,1-4H3,(H,14,18). The largest absolute Gasteiger partial charge is 0.469 e. The molecule has 118 valence electrons. The van der Waals surface area contributed by atoms with E-state index in [0.29, 0.717) is 31.1 Å². The van der Waals surface area contributed by atoms with Crippen molar-refractivity contribution in [2.24, 2.45) is 0 Å². The van der Waals surface area contributed by atoms with E-state index in [2.05, 4.69) is 20.2 Å². The number of aryl methyl sites for hydroxylation is 1. The molecule has 0 unspecified atom stereocenters. The highest BCUT2D eigenvalue weighted by Crippen LogP contribution is 2.06. The lowest BCUT2D eigenvalue weighted by Gasteiger charge is -2.19. The summed E-state index contributed by atoms with van der Waals surface area (Å²) in [6.45, 7) is 5.70. The van der Waals surface area contributed by atoms with E-state index >= 15 is 0 Å². The van der Waals surface area contributed by atoms with Crippen LogP contribution in [0.2, 0.25) is 0 Å². The van der Waals surface area contributed by atoms with Gasteiger partial charge in [-0.15, -0.1) is 0 Å². The van der Waals surface area contributed by atoms with Gasteiger partial charge in [0, 0.05) is 19.4 Å². The Hall–Kier alpha value is -2.12. The molecule has 1 aromatic heterocycles. The van der Waals surface area contributed by atoms with Crippen molar-refractivity contribution in [2.75, 3.05) is 13.7 Å². The highest BCUT2D eigenvalue weighted by Gasteiger charge is 2.16. The molecule has 0 aliphatic carbocycles. The molecule has 8 nitrogen and oxygen atoms in total. The predicted octanol–water partition coefficient (Wildman–Crippen LogP) is 1.24. The molecule has 0 aliphatic rings. The molecular formula is C13H21N3O5. The Morgan fingerprint density at radius 1 is 1.29 bits per heavy atom. The van der Waals surface area contributed by atoms with E-state index in [0.717, 1.165) is 0 Å². The summed E-state index contributed by atoms with van der Waals surface area (Å²) >= 11 is 0. The van der Waals surface area contributed by atoms with E-state index in [1.54, 1.807) is 20.8 Å². The number of amides is 1. The van der Waals surface area contributed by atoms with Gasteiger partial charge in [-0.05, 0) is 20.8 Å². The molecule has 0 bridgehead atoms. The van der Waals surface area contributed by atoms with Crippen LogP contribution < -0.4 is 5.32 Å². The summed E-state index contributed by atoms with van der Waals surface area (Å²) in [5.41, 5.74) is -0.532. The van der Waals surface area contributed by atoms with Crippen molar-refractivity contribution in [3.63, 3.8) is 0 Å². The van der Waals surface area contributed by atoms with Crippen LogP contribution in [0.25, 0.3) is 0 Å². The van der Waals surface area contributed by atoms with Crippen LogP contribution in [0.15, 0.2) is 4.52 Å². The first-order valence-corrected chi connectivity index (χ1v) is 6.65. The number of carbonyl (C=O) groups is 2. The minimum Gasteiger partial charge on any atom is -0.469 e. The zero-order valence-electron chi connectivity index (χ0n) is 12.8. The van der Waals surface area contributed by atoms with Crippen molar-refractivity contribution < 1.29 is 23.6 Å². The quantitative estimate of drug-likeness (QED) is 0.788. The SMILES string of the molecule is COC(=O)CCc1noc(CCNC(=O)OC(C)(C)C)n1. The molecule has 1 rings (SSSR count). The van der Waals surface area contributed by atoms with Gasteiger partial charge in [0.05, 0.1) is 13.5 Å². The van der Waals surface area contributed by atoms with Gasteiger partial charge >= 0.3 is 12.1 Å². The first-order valence-electron chi connectivity index (χ1n) is 6.65. The molecule has 0 aliphatic heterocycles. The van der Waals surface area contributed by atoms with Crippen LogP contribution in [0.4, 0.5) is 4.79 Å². The van der Waals surface area contributed by atoms with E-state index in [1.165, 1.54) is 7.11 Å². The second-order valence-electron chi connectivity index (χ2n) is 5.36. The van der Waals surface area contributed by atoms with E-state index in [-0.39, 0.29) is 12.4 Å². The minimum absolute atomic E-state index is 0.200. The number of ether oxygens (including phenoxy) is 2. The van der Waals surface area contributed by atoms with Crippen LogP contribution in [0, 0.1) is 0 Å². The summed E-state index contributed by atoms with van der Waals surface area (Å²) in [5.74, 6) is 0.506. The number of alkyl carbamates (subject to hydrolysis) is 1. The van der Waals surface area contributed by atoms with Gasteiger partial charge in [0.1, 0.15) is 5.60 Å². The second-order valence-corrected chi connectivity index (χ2v) is 5.36. The van der Waals surface area contributed by atoms with Crippen LogP contribution in [-0.4, -0.2) is 41.5 Å². The molecule has 0 radical (unpaired) electrons. The van der Waals surface area contributed by atoms with Gasteiger partial charge < -0.3 is 19.3 Å². The average molecular weight is 299 g/mol. The lowest BCUT2D eigenvalue weighted by Crippen LogP contribution is -2.33. The van der Waals surface area contributed by atoms with Crippen LogP contribution >= 0.6 is 0 Å². The molecule has 0 fully saturated rings. The number of rotatable bonds is 6. The number of carbonyl (C=O) groups excluding carboxylic acids is 2. The molecule has 1 heterocycles. The average Bonchev–Trinajstić information content (AvgIpc) is 2.81. The zero-order valence-corrected chi connectivity index (χ0v) is 12.8. The summed E-state index contributed by atoms with van der Waals surface area (Å²) in [7, 11) is 1.33. The fourth-order valence-corrected chi connectivity index (χ4v) is 1.39. The van der Waals surface area contributed by atoms with Gasteiger partial charge in [-0.25, -0.2) is 4.79 Å². The molecule has 0 spiro atoms. The number of nitrogens with one attached hydrogen (secondary N) is 1. The fraction of sp³-hybridized carbons (Fsp3) is 0.692. The Kier molecular flexibility index (Phi) is 6.13. The monoisotopic (exact) mass is 299 g/mol. The van der Waals surface area contributed by atoms with E-state index < -0.39 is 11.7 Å². The molecule has 0 atom stereocenters. The maximum absolute atomic E-state index is 11.4. The Balaban J connectivity index is 2.29. The minimum atomic E-state index is -0.532. The summed E-state index contributed by atoms with van der Waals surface area (Å²) in [6, 6.07) is 0. The van der Waals surface area contributed by atoms with Crippen molar-refractivity contribution >= 4 is 12.1 Å². The molecule has 1 amide bonds. The summed E-state index contributed by atoms with van der Waals surface area (Å²) in [4.78, 5) is 26.5. The number of esters is 1. The second kappa shape index (κ2) is 7.61. The topological polar surface area (TPSA) is 104 Å². The van der Waals surface area contributed by atoms with Crippen molar-refractivity contribution in [2.45, 2.75) is 45.6 Å². The fourth-order valence-electron chi connectivity index (χ4n) is 1.39. The van der Waals surface area contributed by atoms with Crippen molar-refractivity contribution in [1.29, 1.82) is 0 Å². The van der Waals surface area contributed by atoms with Gasteiger partial charge in [0.2, 0.25) is 5.89 Å². The Morgan fingerprint density at radius 2 is 2.00 bits per heavy atom. The summed E-state index contributed by atoms with van der Waals surface area (Å²) < 4.78 is 14.6. The predicted molar refractivity (Wildman–Crippen MR) is 72.6 cm³/mol. The third-order valence-corrected chi connectivity index (χ3v) is 2.30. The lowest BCUT2D eigenvalue weighted by molar-refractivity contribution is -0.140. The van der Waals surface area contributed by atoms with Crippen LogP contribution in [0.1, 0.15) is 38.9 Å². The first kappa shape index (κ1) is 16.9. The first-order chi connectivity index (χ1) is 9.80. The normalized spacial score (nSPS) is 11.0. The maximum Gasteiger partial charge on any atom is 0.407 e. The van der Waals surface area contributed by atoms with Gasteiger partial charge in [-0.3, -0.25) is 4.79 Å². The zero-order chi connectivity index (χ0) is 15.9. The molecule has 0 aromatic carbocycles. The molecule has 1 aromatic rings. The maximum atomic E-state index is 11.4. The molecular weight excluding hydrogens is 278 g/mol. The Bertz CT molecular complexity index is 478. The van der Waals surface area contributed by atoms with Gasteiger partial charge in [-0.2, -0.15) is 4.98 Å². The van der Waals surface area contributed by atoms with Crippen molar-refractivity contribution in [3.8, 4) is 0 Å². The van der Waals surface area contributed by atoms with Crippen molar-refractivity contribution in [1.82, 2.24) is 15.5 Å². The highest BCUT2D eigenvalue weighted by atomic mass is 16.6. The van der Waals surface area contributed by atoms with E-state index in [4.69, 9.17) is 9.26 Å². The molecule has 8 heteroatoms. The number of hydrogen-bond donors (Lipinski definition) is 1. The van der Waals surface area contributed by atoms with Crippen molar-refractivity contribution in [3.05, 3.63) is 11.7 Å². The number of hydrogen-bond acceptors (Lipinski definition) is 7. The van der Waals surface area contributed by atoms with Gasteiger partial charge in [-0.1, -0.05) is 5.16 Å². The third kappa shape index (κ3) is 7.28. The molecule has 0 saturated heterocycles. The number of nitrogens with zero attached hydrogens (tertiary/aromatic N) is 2. The molecule has 21 heavy (non-hydrogen) atoms.